The Kier molecular flexibility index (Phi) is 4.51. The van der Waals surface area contributed by atoms with Crippen molar-refractivity contribution < 1.29 is 9.18 Å². The third-order valence-electron chi connectivity index (χ3n) is 8.16. The monoisotopic (exact) mass is 420 g/mol. The third kappa shape index (κ3) is 3.50. The maximum absolute atomic E-state index is 13.5. The third-order valence-corrected chi connectivity index (χ3v) is 8.16. The molecule has 4 fully saturated rings. The summed E-state index contributed by atoms with van der Waals surface area (Å²) >= 11 is 0. The molecule has 4 bridgehead atoms. The van der Waals surface area contributed by atoms with Crippen LogP contribution in [0.5, 0.6) is 0 Å². The zero-order valence-corrected chi connectivity index (χ0v) is 17.8. The first-order chi connectivity index (χ1) is 15.1. The number of rotatable bonds is 4. The van der Waals surface area contributed by atoms with Gasteiger partial charge in [0.25, 0.3) is 5.91 Å². The van der Waals surface area contributed by atoms with Gasteiger partial charge < -0.3 is 10.2 Å². The summed E-state index contributed by atoms with van der Waals surface area (Å²) < 4.78 is 13.5. The highest BCUT2D eigenvalue weighted by molar-refractivity contribution is 5.94. The maximum atomic E-state index is 13.5. The van der Waals surface area contributed by atoms with Gasteiger partial charge in [-0.25, -0.2) is 14.4 Å². The molecule has 0 unspecified atom stereocenters. The van der Waals surface area contributed by atoms with E-state index in [0.29, 0.717) is 24.1 Å². The summed E-state index contributed by atoms with van der Waals surface area (Å²) in [6, 6.07) is 5.90. The van der Waals surface area contributed by atoms with Gasteiger partial charge in [-0.2, -0.15) is 0 Å². The van der Waals surface area contributed by atoms with Crippen LogP contribution in [-0.4, -0.2) is 33.9 Å². The van der Waals surface area contributed by atoms with E-state index in [9.17, 15) is 9.18 Å². The minimum Gasteiger partial charge on any atom is -0.369 e. The molecule has 0 atom stereocenters. The van der Waals surface area contributed by atoms with Gasteiger partial charge in [-0.1, -0.05) is 6.07 Å². The number of amides is 1. The minimum absolute atomic E-state index is 0.146. The van der Waals surface area contributed by atoms with E-state index in [0.717, 1.165) is 47.8 Å². The van der Waals surface area contributed by atoms with Crippen LogP contribution in [0.25, 0.3) is 0 Å². The Balaban J connectivity index is 1.17. The second kappa shape index (κ2) is 7.28. The van der Waals surface area contributed by atoms with Gasteiger partial charge in [0.15, 0.2) is 0 Å². The van der Waals surface area contributed by atoms with E-state index in [4.69, 9.17) is 0 Å². The van der Waals surface area contributed by atoms with Crippen molar-refractivity contribution in [3.05, 3.63) is 53.2 Å². The van der Waals surface area contributed by atoms with Crippen LogP contribution in [0, 0.1) is 29.0 Å². The van der Waals surface area contributed by atoms with Crippen LogP contribution < -0.4 is 5.32 Å². The normalized spacial score (nSPS) is 30.9. The van der Waals surface area contributed by atoms with E-state index in [1.54, 1.807) is 23.4 Å². The molecular weight excluding hydrogens is 391 g/mol. The summed E-state index contributed by atoms with van der Waals surface area (Å²) in [5, 5.41) is 3.71. The lowest BCUT2D eigenvalue weighted by atomic mass is 9.49. The highest BCUT2D eigenvalue weighted by atomic mass is 19.1. The summed E-state index contributed by atoms with van der Waals surface area (Å²) in [6.45, 7) is 2.05. The maximum Gasteiger partial charge on any atom is 0.254 e. The number of hydrogen-bond donors (Lipinski definition) is 1. The van der Waals surface area contributed by atoms with Crippen LogP contribution in [0.15, 0.2) is 30.6 Å². The van der Waals surface area contributed by atoms with Gasteiger partial charge in [-0.05, 0) is 86.3 Å². The molecule has 6 heteroatoms. The average Bonchev–Trinajstić information content (AvgIpc) is 2.76. The number of halogens is 1. The predicted octanol–water partition coefficient (Wildman–Crippen LogP) is 4.44. The fourth-order valence-electron chi connectivity index (χ4n) is 7.26. The molecule has 5 aliphatic rings. The molecule has 1 aliphatic heterocycles. The van der Waals surface area contributed by atoms with Gasteiger partial charge >= 0.3 is 0 Å². The Labute approximate surface area is 182 Å². The zero-order valence-electron chi connectivity index (χ0n) is 17.8. The lowest BCUT2D eigenvalue weighted by Crippen LogP contribution is -2.49. The van der Waals surface area contributed by atoms with Crippen molar-refractivity contribution in [3.8, 4) is 0 Å². The van der Waals surface area contributed by atoms with Crippen molar-refractivity contribution in [2.45, 2.75) is 51.5 Å². The van der Waals surface area contributed by atoms with Crippen LogP contribution in [0.4, 0.5) is 10.2 Å². The van der Waals surface area contributed by atoms with E-state index in [1.165, 1.54) is 50.7 Å². The zero-order chi connectivity index (χ0) is 21.0. The van der Waals surface area contributed by atoms with Crippen molar-refractivity contribution in [1.29, 1.82) is 0 Å². The molecule has 1 amide bonds. The van der Waals surface area contributed by atoms with Crippen LogP contribution in [0.3, 0.4) is 0 Å². The fourth-order valence-corrected chi connectivity index (χ4v) is 7.26. The predicted molar refractivity (Wildman–Crippen MR) is 116 cm³/mol. The van der Waals surface area contributed by atoms with Gasteiger partial charge in [0.1, 0.15) is 18.0 Å². The molecule has 2 heterocycles. The average molecular weight is 421 g/mol. The molecule has 1 aromatic heterocycles. The van der Waals surface area contributed by atoms with Crippen molar-refractivity contribution in [2.75, 3.05) is 18.4 Å². The van der Waals surface area contributed by atoms with E-state index in [2.05, 4.69) is 15.3 Å². The fraction of sp³-hybridized carbons (Fsp3) is 0.560. The summed E-state index contributed by atoms with van der Waals surface area (Å²) in [5.41, 5.74) is 2.87. The van der Waals surface area contributed by atoms with Gasteiger partial charge in [-0.3, -0.25) is 4.79 Å². The van der Waals surface area contributed by atoms with Crippen LogP contribution in [0.1, 0.15) is 60.1 Å². The Morgan fingerprint density at radius 3 is 2.58 bits per heavy atom. The second-order valence-electron chi connectivity index (χ2n) is 10.4. The quantitative estimate of drug-likeness (QED) is 0.794. The van der Waals surface area contributed by atoms with Gasteiger partial charge in [0, 0.05) is 24.2 Å². The molecule has 7 rings (SSSR count). The number of fused-ring (bicyclic) bond motifs is 1. The molecule has 2 aromatic rings. The van der Waals surface area contributed by atoms with Crippen LogP contribution >= 0.6 is 0 Å². The Morgan fingerprint density at radius 1 is 1.13 bits per heavy atom. The number of hydrogen-bond acceptors (Lipinski definition) is 4. The molecule has 5 nitrogen and oxygen atoms in total. The lowest BCUT2D eigenvalue weighted by molar-refractivity contribution is -0.0444. The van der Waals surface area contributed by atoms with Gasteiger partial charge in [0.05, 0.1) is 12.2 Å². The van der Waals surface area contributed by atoms with Crippen molar-refractivity contribution in [3.63, 3.8) is 0 Å². The summed E-state index contributed by atoms with van der Waals surface area (Å²) in [4.78, 5) is 23.6. The summed E-state index contributed by atoms with van der Waals surface area (Å²) in [6.07, 6.45) is 10.8. The van der Waals surface area contributed by atoms with Crippen molar-refractivity contribution in [1.82, 2.24) is 14.9 Å². The Morgan fingerprint density at radius 2 is 1.87 bits per heavy atom. The molecule has 162 valence electrons. The summed E-state index contributed by atoms with van der Waals surface area (Å²) in [5.74, 6) is 3.23. The molecule has 1 aromatic carbocycles. The Bertz CT molecular complexity index is 987. The minimum atomic E-state index is -0.387. The van der Waals surface area contributed by atoms with E-state index < -0.39 is 0 Å². The van der Waals surface area contributed by atoms with E-state index in [-0.39, 0.29) is 11.7 Å². The van der Waals surface area contributed by atoms with E-state index >= 15 is 0 Å². The lowest BCUT2D eigenvalue weighted by Gasteiger charge is -2.57. The first-order valence-electron chi connectivity index (χ1n) is 11.7. The topological polar surface area (TPSA) is 58.1 Å². The molecule has 4 saturated carbocycles. The van der Waals surface area contributed by atoms with Gasteiger partial charge in [0.2, 0.25) is 0 Å². The SMILES string of the molecule is O=C(c1cccc(F)c1)N1CCc2c(ncnc2NCC23CC4CC(CC(C4)C2)C3)C1. The second-order valence-corrected chi connectivity index (χ2v) is 10.4. The number of aromatic nitrogens is 2. The molecule has 4 aliphatic carbocycles. The Hall–Kier alpha value is -2.50. The highest BCUT2D eigenvalue weighted by Crippen LogP contribution is 2.59. The molecule has 0 radical (unpaired) electrons. The van der Waals surface area contributed by atoms with Crippen LogP contribution in [0.2, 0.25) is 0 Å². The molecule has 0 spiro atoms. The molecule has 1 N–H and O–H groups in total. The number of benzene rings is 1. The first-order valence-corrected chi connectivity index (χ1v) is 11.7. The number of nitrogens with one attached hydrogen (secondary N) is 1. The first kappa shape index (κ1) is 19.2. The van der Waals surface area contributed by atoms with Crippen molar-refractivity contribution >= 4 is 11.7 Å². The number of anilines is 1. The van der Waals surface area contributed by atoms with Crippen LogP contribution in [-0.2, 0) is 13.0 Å². The van der Waals surface area contributed by atoms with E-state index in [1.807, 2.05) is 0 Å². The smallest absolute Gasteiger partial charge is 0.254 e. The molecular formula is C25H29FN4O. The number of carbonyl (C=O) groups is 1. The largest absolute Gasteiger partial charge is 0.369 e. The van der Waals surface area contributed by atoms with Crippen molar-refractivity contribution in [2.24, 2.45) is 23.2 Å². The highest BCUT2D eigenvalue weighted by Gasteiger charge is 2.50. The standard InChI is InChI=1S/C25H29FN4O/c26-20-3-1-2-19(9-20)24(31)30-5-4-21-22(13-30)28-15-29-23(21)27-14-25-10-16-6-17(11-25)8-18(7-16)12-25/h1-3,9,15-18H,4-8,10-14H2,(H,27,28,29). The number of carbonyl (C=O) groups excluding carboxylic acids is 1. The number of nitrogens with zero attached hydrogens (tertiary/aromatic N) is 3. The van der Waals surface area contributed by atoms with Gasteiger partial charge in [-0.15, -0.1) is 0 Å². The summed E-state index contributed by atoms with van der Waals surface area (Å²) in [7, 11) is 0. The molecule has 31 heavy (non-hydrogen) atoms. The molecule has 0 saturated heterocycles.